The molecule has 0 bridgehead atoms. The number of ether oxygens (including phenoxy) is 1. The zero-order valence-corrected chi connectivity index (χ0v) is 16.4. The van der Waals surface area contributed by atoms with Gasteiger partial charge in [-0.15, -0.1) is 0 Å². The molecule has 29 heavy (non-hydrogen) atoms. The van der Waals surface area contributed by atoms with Crippen LogP contribution in [0.2, 0.25) is 5.15 Å². The summed E-state index contributed by atoms with van der Waals surface area (Å²) in [5.74, 6) is -0.689. The predicted octanol–water partition coefficient (Wildman–Crippen LogP) is 5.84. The van der Waals surface area contributed by atoms with E-state index in [-0.39, 0.29) is 27.5 Å². The molecule has 5 rings (SSSR count). The second-order valence-corrected chi connectivity index (χ2v) is 7.90. The van der Waals surface area contributed by atoms with Gasteiger partial charge in [0.15, 0.2) is 16.1 Å². The van der Waals surface area contributed by atoms with Crippen LogP contribution in [0.3, 0.4) is 0 Å². The fourth-order valence-corrected chi connectivity index (χ4v) is 4.68. The molecular formula is C21H13ClFN3O2S. The SMILES string of the molecule is O=C(Nc1nc2cnc(Cl)c(F)c2s1)OCC1c2ccccc2-c2ccccc21. The van der Waals surface area contributed by atoms with Gasteiger partial charge in [0, 0.05) is 5.92 Å². The molecule has 0 fully saturated rings. The van der Waals surface area contributed by atoms with Gasteiger partial charge in [-0.3, -0.25) is 5.32 Å². The summed E-state index contributed by atoms with van der Waals surface area (Å²) in [5, 5.41) is 2.55. The summed E-state index contributed by atoms with van der Waals surface area (Å²) >= 11 is 6.67. The molecule has 4 aromatic rings. The van der Waals surface area contributed by atoms with Crippen molar-refractivity contribution >= 4 is 44.4 Å². The monoisotopic (exact) mass is 425 g/mol. The predicted molar refractivity (Wildman–Crippen MR) is 111 cm³/mol. The highest BCUT2D eigenvalue weighted by molar-refractivity contribution is 7.22. The van der Waals surface area contributed by atoms with Gasteiger partial charge < -0.3 is 4.74 Å². The molecule has 5 nitrogen and oxygen atoms in total. The topological polar surface area (TPSA) is 64.1 Å². The summed E-state index contributed by atoms with van der Waals surface area (Å²) < 4.78 is 19.7. The number of thiazole rings is 1. The van der Waals surface area contributed by atoms with Crippen LogP contribution < -0.4 is 5.32 Å². The molecule has 2 heterocycles. The Kier molecular flexibility index (Phi) is 4.41. The van der Waals surface area contributed by atoms with Crippen molar-refractivity contribution in [1.29, 1.82) is 0 Å². The number of fused-ring (bicyclic) bond motifs is 4. The third-order valence-corrected chi connectivity index (χ3v) is 6.13. The summed E-state index contributed by atoms with van der Waals surface area (Å²) in [4.78, 5) is 20.2. The second-order valence-electron chi connectivity index (χ2n) is 6.55. The minimum atomic E-state index is -0.651. The smallest absolute Gasteiger partial charge is 0.413 e. The van der Waals surface area contributed by atoms with Crippen molar-refractivity contribution in [3.63, 3.8) is 0 Å². The molecule has 1 aliphatic rings. The molecule has 2 aromatic carbocycles. The second kappa shape index (κ2) is 7.09. The quantitative estimate of drug-likeness (QED) is 0.418. The lowest BCUT2D eigenvalue weighted by atomic mass is 9.98. The Morgan fingerprint density at radius 2 is 1.79 bits per heavy atom. The van der Waals surface area contributed by atoms with Crippen LogP contribution in [0, 0.1) is 5.82 Å². The number of aromatic nitrogens is 2. The van der Waals surface area contributed by atoms with Gasteiger partial charge in [-0.2, -0.15) is 0 Å². The lowest BCUT2D eigenvalue weighted by Crippen LogP contribution is -2.17. The van der Waals surface area contributed by atoms with Crippen molar-refractivity contribution < 1.29 is 13.9 Å². The minimum Gasteiger partial charge on any atom is -0.448 e. The maximum absolute atomic E-state index is 14.0. The number of hydrogen-bond donors (Lipinski definition) is 1. The third kappa shape index (κ3) is 3.12. The molecule has 0 spiro atoms. The number of nitrogens with one attached hydrogen (secondary N) is 1. The Labute approximate surface area is 174 Å². The van der Waals surface area contributed by atoms with Gasteiger partial charge in [0.25, 0.3) is 0 Å². The van der Waals surface area contributed by atoms with Gasteiger partial charge in [-0.25, -0.2) is 19.2 Å². The van der Waals surface area contributed by atoms with Gasteiger partial charge in [0.1, 0.15) is 12.1 Å². The number of hydrogen-bond acceptors (Lipinski definition) is 5. The van der Waals surface area contributed by atoms with E-state index >= 15 is 0 Å². The van der Waals surface area contributed by atoms with Crippen LogP contribution in [-0.4, -0.2) is 22.7 Å². The minimum absolute atomic E-state index is 0.0380. The van der Waals surface area contributed by atoms with Crippen molar-refractivity contribution in [2.75, 3.05) is 11.9 Å². The summed E-state index contributed by atoms with van der Waals surface area (Å²) in [7, 11) is 0. The number of carbonyl (C=O) groups excluding carboxylic acids is 1. The van der Waals surface area contributed by atoms with Crippen LogP contribution in [-0.2, 0) is 4.74 Å². The van der Waals surface area contributed by atoms with E-state index in [1.54, 1.807) is 0 Å². The highest BCUT2D eigenvalue weighted by atomic mass is 35.5. The van der Waals surface area contributed by atoms with Crippen molar-refractivity contribution in [2.24, 2.45) is 0 Å². The first-order chi connectivity index (χ1) is 14.1. The van der Waals surface area contributed by atoms with Gasteiger partial charge >= 0.3 is 6.09 Å². The van der Waals surface area contributed by atoms with Crippen molar-refractivity contribution in [3.8, 4) is 11.1 Å². The maximum atomic E-state index is 14.0. The first-order valence-corrected chi connectivity index (χ1v) is 10.0. The van der Waals surface area contributed by atoms with Crippen molar-refractivity contribution in [1.82, 2.24) is 9.97 Å². The van der Waals surface area contributed by atoms with Crippen LogP contribution in [0.1, 0.15) is 17.0 Å². The molecule has 8 heteroatoms. The van der Waals surface area contributed by atoms with Crippen LogP contribution in [0.5, 0.6) is 0 Å². The highest BCUT2D eigenvalue weighted by Crippen LogP contribution is 2.44. The fraction of sp³-hybridized carbons (Fsp3) is 0.0952. The van der Waals surface area contributed by atoms with Gasteiger partial charge in [0.2, 0.25) is 0 Å². The maximum Gasteiger partial charge on any atom is 0.413 e. The molecule has 0 unspecified atom stereocenters. The van der Waals surface area contributed by atoms with Crippen LogP contribution >= 0.6 is 22.9 Å². The first kappa shape index (κ1) is 18.0. The van der Waals surface area contributed by atoms with E-state index in [9.17, 15) is 9.18 Å². The van der Waals surface area contributed by atoms with Crippen molar-refractivity contribution in [2.45, 2.75) is 5.92 Å². The molecular weight excluding hydrogens is 413 g/mol. The number of halogens is 2. The molecule has 1 amide bonds. The molecule has 0 aliphatic heterocycles. The molecule has 0 saturated carbocycles. The zero-order valence-electron chi connectivity index (χ0n) is 14.9. The van der Waals surface area contributed by atoms with Gasteiger partial charge in [-0.1, -0.05) is 71.5 Å². The van der Waals surface area contributed by atoms with E-state index in [4.69, 9.17) is 16.3 Å². The Hall–Kier alpha value is -3.03. The summed E-state index contributed by atoms with van der Waals surface area (Å²) in [6, 6.07) is 16.2. The largest absolute Gasteiger partial charge is 0.448 e. The normalized spacial score (nSPS) is 12.6. The standard InChI is InChI=1S/C21H13ClFN3O2S/c22-19-17(23)18-16(9-24-19)25-20(29-18)26-21(27)28-10-15-13-7-3-1-5-11(13)12-6-2-4-8-14(12)15/h1-9,15H,10H2,(H,25,26,27). The summed E-state index contributed by atoms with van der Waals surface area (Å²) in [6.45, 7) is 0.187. The average Bonchev–Trinajstić information content (AvgIpc) is 3.28. The molecule has 0 radical (unpaired) electrons. The van der Waals surface area contributed by atoms with Gasteiger partial charge in [-0.05, 0) is 22.3 Å². The van der Waals surface area contributed by atoms with E-state index in [0.29, 0.717) is 5.52 Å². The Morgan fingerprint density at radius 1 is 1.14 bits per heavy atom. The summed E-state index contributed by atoms with van der Waals surface area (Å²) in [6.07, 6.45) is 0.713. The van der Waals surface area contributed by atoms with Crippen LogP contribution in [0.25, 0.3) is 21.3 Å². The first-order valence-electron chi connectivity index (χ1n) is 8.84. The van der Waals surface area contributed by atoms with Crippen LogP contribution in [0.15, 0.2) is 54.7 Å². The van der Waals surface area contributed by atoms with E-state index in [0.717, 1.165) is 33.6 Å². The Morgan fingerprint density at radius 3 is 2.48 bits per heavy atom. The number of amides is 1. The number of pyridine rings is 1. The highest BCUT2D eigenvalue weighted by Gasteiger charge is 2.29. The molecule has 2 aromatic heterocycles. The Bertz CT molecular complexity index is 1210. The van der Waals surface area contributed by atoms with E-state index in [1.807, 2.05) is 36.4 Å². The molecule has 144 valence electrons. The summed E-state index contributed by atoms with van der Waals surface area (Å²) in [5.41, 5.74) is 4.89. The number of carbonyl (C=O) groups is 1. The van der Waals surface area contributed by atoms with Gasteiger partial charge in [0.05, 0.1) is 10.9 Å². The van der Waals surface area contributed by atoms with E-state index in [2.05, 4.69) is 27.4 Å². The molecule has 0 saturated heterocycles. The molecule has 1 aliphatic carbocycles. The zero-order chi connectivity index (χ0) is 20.0. The van der Waals surface area contributed by atoms with Crippen molar-refractivity contribution in [3.05, 3.63) is 76.8 Å². The third-order valence-electron chi connectivity index (χ3n) is 4.89. The number of anilines is 1. The fourth-order valence-electron chi connectivity index (χ4n) is 3.62. The Balaban J connectivity index is 1.33. The molecule has 1 N–H and O–H groups in total. The molecule has 0 atom stereocenters. The number of benzene rings is 2. The van der Waals surface area contributed by atoms with Crippen LogP contribution in [0.4, 0.5) is 14.3 Å². The lowest BCUT2D eigenvalue weighted by Gasteiger charge is -2.14. The number of nitrogens with zero attached hydrogens (tertiary/aromatic N) is 2. The van der Waals surface area contributed by atoms with E-state index < -0.39 is 11.9 Å². The van der Waals surface area contributed by atoms with E-state index in [1.165, 1.54) is 6.20 Å². The lowest BCUT2D eigenvalue weighted by molar-refractivity contribution is 0.158. The number of rotatable bonds is 3. The average molecular weight is 426 g/mol.